The van der Waals surface area contributed by atoms with Crippen molar-refractivity contribution in [2.75, 3.05) is 24.6 Å². The summed E-state index contributed by atoms with van der Waals surface area (Å²) in [7, 11) is 0. The van der Waals surface area contributed by atoms with E-state index in [2.05, 4.69) is 75.4 Å². The molecule has 0 amide bonds. The Bertz CT molecular complexity index is 1830. The number of carbonyl (C=O) groups is 2. The highest BCUT2D eigenvalue weighted by molar-refractivity contribution is 5.92. The Kier molecular flexibility index (Phi) is 8.89. The SMILES string of the molecule is O=C(O)C(F)(F)F.O=C(O)c1c(O)c2c([nH]c1=O)-c1ccc(N3C[C@@H]4C(N(Cc5ccccc5)Cc5ccccc5)[C@@H]4C3)cc1OCC2. The van der Waals surface area contributed by atoms with Crippen LogP contribution < -0.4 is 15.2 Å². The van der Waals surface area contributed by atoms with Crippen molar-refractivity contribution in [2.45, 2.75) is 31.7 Å². The Morgan fingerprint density at radius 3 is 2.00 bits per heavy atom. The van der Waals surface area contributed by atoms with Crippen LogP contribution in [0.2, 0.25) is 0 Å². The highest BCUT2D eigenvalue weighted by atomic mass is 19.4. The highest BCUT2D eigenvalue weighted by Gasteiger charge is 2.58. The van der Waals surface area contributed by atoms with Crippen LogP contribution in [0.1, 0.15) is 27.0 Å². The van der Waals surface area contributed by atoms with Crippen molar-refractivity contribution in [3.8, 4) is 22.8 Å². The number of aliphatic carboxylic acids is 1. The molecule has 4 N–H and O–H groups in total. The number of anilines is 1. The summed E-state index contributed by atoms with van der Waals surface area (Å²) < 4.78 is 37.8. The Morgan fingerprint density at radius 2 is 1.48 bits per heavy atom. The number of benzene rings is 3. The first-order chi connectivity index (χ1) is 22.9. The van der Waals surface area contributed by atoms with E-state index >= 15 is 0 Å². The number of rotatable bonds is 7. The Morgan fingerprint density at radius 1 is 0.917 bits per heavy atom. The predicted molar refractivity (Wildman–Crippen MR) is 169 cm³/mol. The summed E-state index contributed by atoms with van der Waals surface area (Å²) in [5.74, 6) is -2.91. The predicted octanol–water partition coefficient (Wildman–Crippen LogP) is 5.15. The number of hydrogen-bond donors (Lipinski definition) is 4. The van der Waals surface area contributed by atoms with Crippen molar-refractivity contribution >= 4 is 17.6 Å². The minimum Gasteiger partial charge on any atom is -0.506 e. The Balaban J connectivity index is 0.000000519. The molecule has 48 heavy (non-hydrogen) atoms. The molecule has 3 atom stereocenters. The first-order valence-corrected chi connectivity index (χ1v) is 15.3. The number of aromatic amines is 1. The zero-order valence-corrected chi connectivity index (χ0v) is 25.5. The lowest BCUT2D eigenvalue weighted by molar-refractivity contribution is -0.192. The van der Waals surface area contributed by atoms with Crippen LogP contribution in [-0.4, -0.2) is 69.1 Å². The van der Waals surface area contributed by atoms with E-state index < -0.39 is 35.0 Å². The summed E-state index contributed by atoms with van der Waals surface area (Å²) in [6.45, 7) is 4.04. The molecule has 1 aromatic heterocycles. The molecule has 2 aliphatic heterocycles. The number of fused-ring (bicyclic) bond motifs is 4. The van der Waals surface area contributed by atoms with E-state index in [1.807, 2.05) is 18.2 Å². The third-order valence-corrected chi connectivity index (χ3v) is 8.98. The second-order valence-corrected chi connectivity index (χ2v) is 12.0. The number of H-pyrrole nitrogens is 1. The topological polar surface area (TPSA) is 143 Å². The van der Waals surface area contributed by atoms with Crippen LogP contribution in [0.5, 0.6) is 11.5 Å². The molecule has 1 unspecified atom stereocenters. The van der Waals surface area contributed by atoms with Crippen molar-refractivity contribution < 1.29 is 42.8 Å². The molecule has 0 bridgehead atoms. The van der Waals surface area contributed by atoms with Gasteiger partial charge in [-0.05, 0) is 35.1 Å². The number of halogens is 3. The molecule has 3 aliphatic rings. The number of piperidine rings is 1. The molecule has 1 aliphatic carbocycles. The molecule has 0 spiro atoms. The van der Waals surface area contributed by atoms with Gasteiger partial charge in [0, 0.05) is 61.5 Å². The number of alkyl halides is 3. The fourth-order valence-electron chi connectivity index (χ4n) is 6.75. The molecular weight excluding hydrogens is 631 g/mol. The molecule has 1 saturated heterocycles. The minimum absolute atomic E-state index is 0.267. The minimum atomic E-state index is -5.08. The standard InChI is InChI=1S/C33H31N3O5.C2HF3O2/c37-31-24-13-14-41-27-15-22(11-12-23(27)29(24)34-32(38)28(31)33(39)40)35-18-25-26(19-35)30(25)36(16-20-7-3-1-4-8-20)17-21-9-5-2-6-10-21;3-2(4,5)1(6)7/h1-12,15,25-26,30H,13-14,16-19H2,(H,39,40)(H2,34,37,38);(H,6,7)/t25-,26+,30?;. The number of pyridine rings is 1. The van der Waals surface area contributed by atoms with Gasteiger partial charge in [-0.3, -0.25) is 9.69 Å². The average Bonchev–Trinajstić information content (AvgIpc) is 3.61. The van der Waals surface area contributed by atoms with Gasteiger partial charge < -0.3 is 29.9 Å². The number of ether oxygens (including phenoxy) is 1. The molecular formula is C35H32F3N3O7. The second kappa shape index (κ2) is 13.1. The quantitative estimate of drug-likeness (QED) is 0.211. The van der Waals surface area contributed by atoms with E-state index in [0.29, 0.717) is 40.4 Å². The number of carboxylic acids is 2. The number of nitrogens with one attached hydrogen (secondary N) is 1. The maximum Gasteiger partial charge on any atom is 0.490 e. The zero-order valence-electron chi connectivity index (χ0n) is 25.5. The fraction of sp³-hybridized carbons (Fsp3) is 0.286. The van der Waals surface area contributed by atoms with E-state index in [1.165, 1.54) is 11.1 Å². The largest absolute Gasteiger partial charge is 0.506 e. The van der Waals surface area contributed by atoms with Gasteiger partial charge in [0.15, 0.2) is 5.56 Å². The van der Waals surface area contributed by atoms with Gasteiger partial charge in [0.1, 0.15) is 11.5 Å². The Labute approximate surface area is 272 Å². The van der Waals surface area contributed by atoms with Crippen molar-refractivity contribution in [3.05, 3.63) is 111 Å². The molecule has 2 fully saturated rings. The maximum atomic E-state index is 12.5. The lowest BCUT2D eigenvalue weighted by atomic mass is 10.00. The molecule has 10 nitrogen and oxygen atoms in total. The van der Waals surface area contributed by atoms with Crippen molar-refractivity contribution in [2.24, 2.45) is 11.8 Å². The van der Waals surface area contributed by atoms with Gasteiger partial charge >= 0.3 is 18.1 Å². The summed E-state index contributed by atoms with van der Waals surface area (Å²) in [6, 6.07) is 27.8. The summed E-state index contributed by atoms with van der Waals surface area (Å²) in [6.07, 6.45) is -4.80. The molecule has 7 rings (SSSR count). The van der Waals surface area contributed by atoms with Gasteiger partial charge in [-0.1, -0.05) is 60.7 Å². The van der Waals surface area contributed by atoms with Crippen molar-refractivity contribution in [3.63, 3.8) is 0 Å². The first-order valence-electron chi connectivity index (χ1n) is 15.3. The number of carboxylic acid groups (broad SMARTS) is 2. The third kappa shape index (κ3) is 6.72. The summed E-state index contributed by atoms with van der Waals surface area (Å²) in [5, 5.41) is 27.1. The van der Waals surface area contributed by atoms with Crippen LogP contribution in [0.4, 0.5) is 18.9 Å². The highest BCUT2D eigenvalue weighted by Crippen LogP contribution is 2.51. The number of aromatic hydroxyl groups is 1. The zero-order chi connectivity index (χ0) is 34.2. The average molecular weight is 664 g/mol. The molecule has 0 radical (unpaired) electrons. The molecule has 3 aromatic carbocycles. The lowest BCUT2D eigenvalue weighted by Crippen LogP contribution is -2.34. The van der Waals surface area contributed by atoms with Gasteiger partial charge in [0.25, 0.3) is 5.56 Å². The maximum absolute atomic E-state index is 12.5. The first kappa shape index (κ1) is 32.6. The molecule has 1 saturated carbocycles. The summed E-state index contributed by atoms with van der Waals surface area (Å²) >= 11 is 0. The van der Waals surface area contributed by atoms with Crippen LogP contribution in [0, 0.1) is 11.8 Å². The van der Waals surface area contributed by atoms with Crippen LogP contribution in [0.15, 0.2) is 83.7 Å². The summed E-state index contributed by atoms with van der Waals surface area (Å²) in [4.78, 5) is 40.6. The lowest BCUT2D eigenvalue weighted by Gasteiger charge is -2.29. The van der Waals surface area contributed by atoms with Gasteiger partial charge in [-0.15, -0.1) is 0 Å². The van der Waals surface area contributed by atoms with E-state index in [1.54, 1.807) is 0 Å². The van der Waals surface area contributed by atoms with Crippen molar-refractivity contribution in [1.29, 1.82) is 0 Å². The molecule has 3 heterocycles. The second-order valence-electron chi connectivity index (χ2n) is 12.0. The van der Waals surface area contributed by atoms with E-state index in [9.17, 15) is 33.0 Å². The number of aromatic carboxylic acids is 1. The van der Waals surface area contributed by atoms with Crippen molar-refractivity contribution in [1.82, 2.24) is 9.88 Å². The van der Waals surface area contributed by atoms with Gasteiger partial charge in [-0.2, -0.15) is 13.2 Å². The molecule has 13 heteroatoms. The molecule has 4 aromatic rings. The van der Waals surface area contributed by atoms with E-state index in [-0.39, 0.29) is 13.0 Å². The van der Waals surface area contributed by atoms with Crippen LogP contribution in [0.3, 0.4) is 0 Å². The van der Waals surface area contributed by atoms with Gasteiger partial charge in [-0.25, -0.2) is 9.59 Å². The van der Waals surface area contributed by atoms with E-state index in [4.69, 9.17) is 14.6 Å². The van der Waals surface area contributed by atoms with E-state index in [0.717, 1.165) is 31.9 Å². The number of aromatic nitrogens is 1. The Hall–Kier alpha value is -5.30. The molecule has 250 valence electrons. The smallest absolute Gasteiger partial charge is 0.490 e. The normalized spacial score (nSPS) is 19.2. The van der Waals surface area contributed by atoms with Crippen LogP contribution >= 0.6 is 0 Å². The van der Waals surface area contributed by atoms with Crippen LogP contribution in [0.25, 0.3) is 11.3 Å². The van der Waals surface area contributed by atoms with Gasteiger partial charge in [0.2, 0.25) is 0 Å². The number of hydrogen-bond acceptors (Lipinski definition) is 7. The van der Waals surface area contributed by atoms with Gasteiger partial charge in [0.05, 0.1) is 12.3 Å². The monoisotopic (exact) mass is 663 g/mol. The van der Waals surface area contributed by atoms with Crippen LogP contribution in [-0.2, 0) is 24.3 Å². The third-order valence-electron chi connectivity index (χ3n) is 8.98. The fourth-order valence-corrected chi connectivity index (χ4v) is 6.75. The number of nitrogens with zero attached hydrogens (tertiary/aromatic N) is 2. The summed E-state index contributed by atoms with van der Waals surface area (Å²) in [5.41, 5.74) is 3.69.